The quantitative estimate of drug-likeness (QED) is 0.381. The predicted molar refractivity (Wildman–Crippen MR) is 146 cm³/mol. The van der Waals surface area contributed by atoms with E-state index in [0.717, 1.165) is 56.6 Å². The van der Waals surface area contributed by atoms with Crippen LogP contribution in [-0.4, -0.2) is 58.5 Å². The average molecular weight is 524 g/mol. The Kier molecular flexibility index (Phi) is 7.83. The van der Waals surface area contributed by atoms with Gasteiger partial charge in [-0.05, 0) is 80.6 Å². The Hall–Kier alpha value is -3.59. The number of halogens is 1. The van der Waals surface area contributed by atoms with E-state index >= 15 is 0 Å². The summed E-state index contributed by atoms with van der Waals surface area (Å²) in [5.41, 5.74) is 1.90. The summed E-state index contributed by atoms with van der Waals surface area (Å²) in [6, 6.07) is 9.94. The highest BCUT2D eigenvalue weighted by Crippen LogP contribution is 2.42. The Balaban J connectivity index is 1.10. The Labute approximate surface area is 221 Å². The van der Waals surface area contributed by atoms with Gasteiger partial charge in [0.25, 0.3) is 10.9 Å². The highest BCUT2D eigenvalue weighted by atomic mass is 19.1. The molecular weight excluding hydrogens is 489 g/mol. The lowest BCUT2D eigenvalue weighted by Gasteiger charge is -2.32. The topological polar surface area (TPSA) is 80.3 Å². The molecule has 0 bridgehead atoms. The predicted octanol–water partition coefficient (Wildman–Crippen LogP) is 3.73. The standard InChI is InChI=1S/C29H34FN3O5/c1-36-24-17-20-9-14-33(23(20)18-25(24)37-2)27-26(28(34)29(27)35)31-11-15-32-12-7-19(8-13-32)10-16-38-22-5-3-21(30)4-6-22/h3-6,17-19,31H,7-16H2,1-2H3. The number of nitrogens with one attached hydrogen (secondary N) is 1. The minimum absolute atomic E-state index is 0.261. The molecule has 2 heterocycles. The molecule has 8 nitrogen and oxygen atoms in total. The van der Waals surface area contributed by atoms with Gasteiger partial charge in [0.05, 0.1) is 20.8 Å². The number of hydrogen-bond acceptors (Lipinski definition) is 8. The average Bonchev–Trinajstić information content (AvgIpc) is 3.35. The van der Waals surface area contributed by atoms with Crippen molar-refractivity contribution in [2.24, 2.45) is 5.92 Å². The van der Waals surface area contributed by atoms with Crippen molar-refractivity contribution in [2.45, 2.75) is 25.7 Å². The van der Waals surface area contributed by atoms with Crippen molar-refractivity contribution in [3.05, 3.63) is 68.2 Å². The van der Waals surface area contributed by atoms with Gasteiger partial charge in [0.1, 0.15) is 22.9 Å². The van der Waals surface area contributed by atoms with Crippen molar-refractivity contribution in [2.75, 3.05) is 63.8 Å². The molecule has 38 heavy (non-hydrogen) atoms. The summed E-state index contributed by atoms with van der Waals surface area (Å²) in [4.78, 5) is 29.3. The molecule has 0 aliphatic carbocycles. The van der Waals surface area contributed by atoms with E-state index in [2.05, 4.69) is 10.2 Å². The van der Waals surface area contributed by atoms with Crippen LogP contribution in [0.2, 0.25) is 0 Å². The molecule has 3 aromatic carbocycles. The van der Waals surface area contributed by atoms with Gasteiger partial charge >= 0.3 is 0 Å². The first-order valence-corrected chi connectivity index (χ1v) is 13.2. The molecule has 1 fully saturated rings. The zero-order valence-electron chi connectivity index (χ0n) is 21.9. The molecular formula is C29H34FN3O5. The lowest BCUT2D eigenvalue weighted by atomic mass is 9.94. The van der Waals surface area contributed by atoms with Crippen LogP contribution in [-0.2, 0) is 6.42 Å². The molecule has 2 aliphatic rings. The Morgan fingerprint density at radius 1 is 0.974 bits per heavy atom. The Bertz CT molecular complexity index is 1330. The summed E-state index contributed by atoms with van der Waals surface area (Å²) >= 11 is 0. The maximum atomic E-state index is 13.0. The molecule has 2 aliphatic heterocycles. The van der Waals surface area contributed by atoms with Gasteiger partial charge in [0.2, 0.25) is 0 Å². The van der Waals surface area contributed by atoms with Gasteiger partial charge in [0, 0.05) is 31.4 Å². The number of nitrogens with zero attached hydrogens (tertiary/aromatic N) is 2. The van der Waals surface area contributed by atoms with E-state index in [1.807, 2.05) is 17.0 Å². The number of piperidine rings is 1. The summed E-state index contributed by atoms with van der Waals surface area (Å²) < 4.78 is 29.6. The molecule has 0 unspecified atom stereocenters. The second kappa shape index (κ2) is 11.4. The highest BCUT2D eigenvalue weighted by Gasteiger charge is 2.32. The van der Waals surface area contributed by atoms with Crippen LogP contribution >= 0.6 is 0 Å². The van der Waals surface area contributed by atoms with Gasteiger partial charge < -0.3 is 29.3 Å². The van der Waals surface area contributed by atoms with Crippen LogP contribution in [0.5, 0.6) is 17.2 Å². The van der Waals surface area contributed by atoms with Crippen LogP contribution < -0.4 is 35.3 Å². The van der Waals surface area contributed by atoms with Crippen molar-refractivity contribution in [1.82, 2.24) is 4.90 Å². The fourth-order valence-corrected chi connectivity index (χ4v) is 5.46. The third-order valence-corrected chi connectivity index (χ3v) is 7.68. The van der Waals surface area contributed by atoms with Gasteiger partial charge in [-0.2, -0.15) is 0 Å². The third-order valence-electron chi connectivity index (χ3n) is 7.68. The lowest BCUT2D eigenvalue weighted by molar-refractivity contribution is 0.167. The minimum atomic E-state index is -0.450. The van der Waals surface area contributed by atoms with E-state index in [1.54, 1.807) is 26.4 Å². The number of ether oxygens (including phenoxy) is 3. The van der Waals surface area contributed by atoms with Crippen molar-refractivity contribution in [1.29, 1.82) is 0 Å². The number of benzene rings is 2. The lowest BCUT2D eigenvalue weighted by Crippen LogP contribution is -2.42. The number of fused-ring (bicyclic) bond motifs is 1. The first-order valence-electron chi connectivity index (χ1n) is 13.2. The Morgan fingerprint density at radius 2 is 1.68 bits per heavy atom. The summed E-state index contributed by atoms with van der Waals surface area (Å²) in [6.45, 7) is 4.64. The Morgan fingerprint density at radius 3 is 2.39 bits per heavy atom. The van der Waals surface area contributed by atoms with Gasteiger partial charge in [-0.15, -0.1) is 0 Å². The summed E-state index contributed by atoms with van der Waals surface area (Å²) in [5, 5.41) is 3.25. The van der Waals surface area contributed by atoms with Crippen molar-refractivity contribution >= 4 is 17.1 Å². The van der Waals surface area contributed by atoms with E-state index < -0.39 is 10.9 Å². The number of methoxy groups -OCH3 is 2. The van der Waals surface area contributed by atoms with Crippen LogP contribution in [0.15, 0.2) is 46.0 Å². The molecule has 0 atom stereocenters. The van der Waals surface area contributed by atoms with Crippen LogP contribution in [0.3, 0.4) is 0 Å². The van der Waals surface area contributed by atoms with Crippen molar-refractivity contribution in [3.63, 3.8) is 0 Å². The molecule has 1 saturated heterocycles. The van der Waals surface area contributed by atoms with E-state index in [9.17, 15) is 14.0 Å². The van der Waals surface area contributed by atoms with Gasteiger partial charge in [-0.1, -0.05) is 0 Å². The van der Waals surface area contributed by atoms with Crippen LogP contribution in [0, 0.1) is 11.7 Å². The second-order valence-corrected chi connectivity index (χ2v) is 9.92. The number of anilines is 3. The zero-order chi connectivity index (χ0) is 26.6. The molecule has 202 valence electrons. The third kappa shape index (κ3) is 5.34. The van der Waals surface area contributed by atoms with Gasteiger partial charge in [-0.3, -0.25) is 9.59 Å². The second-order valence-electron chi connectivity index (χ2n) is 9.92. The van der Waals surface area contributed by atoms with Crippen LogP contribution in [0.1, 0.15) is 24.8 Å². The normalized spacial score (nSPS) is 16.0. The number of hydrogen-bond donors (Lipinski definition) is 1. The number of rotatable bonds is 11. The fraction of sp³-hybridized carbons (Fsp3) is 0.448. The first-order chi connectivity index (χ1) is 18.5. The maximum absolute atomic E-state index is 13.0. The van der Waals surface area contributed by atoms with E-state index in [4.69, 9.17) is 14.2 Å². The minimum Gasteiger partial charge on any atom is -0.494 e. The van der Waals surface area contributed by atoms with Gasteiger partial charge in [0.15, 0.2) is 11.5 Å². The van der Waals surface area contributed by atoms with Crippen LogP contribution in [0.4, 0.5) is 21.5 Å². The molecule has 0 amide bonds. The summed E-state index contributed by atoms with van der Waals surface area (Å²) in [7, 11) is 3.18. The molecule has 3 aromatic rings. The fourth-order valence-electron chi connectivity index (χ4n) is 5.46. The molecule has 0 spiro atoms. The van der Waals surface area contributed by atoms with Crippen molar-refractivity contribution in [3.8, 4) is 17.2 Å². The molecule has 0 saturated carbocycles. The molecule has 5 rings (SSSR count). The smallest absolute Gasteiger partial charge is 0.253 e. The summed E-state index contributed by atoms with van der Waals surface area (Å²) in [6.07, 6.45) is 3.92. The molecule has 1 N–H and O–H groups in total. The SMILES string of the molecule is COc1cc2c(cc1OC)N(c1c(NCCN3CCC(CCOc4ccc(F)cc4)CC3)c(=O)c1=O)CC2. The highest BCUT2D eigenvalue weighted by molar-refractivity contribution is 5.84. The van der Waals surface area contributed by atoms with Gasteiger partial charge in [-0.25, -0.2) is 4.39 Å². The molecule has 0 radical (unpaired) electrons. The van der Waals surface area contributed by atoms with E-state index in [-0.39, 0.29) is 5.82 Å². The molecule has 9 heteroatoms. The first kappa shape index (κ1) is 26.0. The van der Waals surface area contributed by atoms with Crippen LogP contribution in [0.25, 0.3) is 0 Å². The monoisotopic (exact) mass is 523 g/mol. The van der Waals surface area contributed by atoms with Crippen molar-refractivity contribution < 1.29 is 18.6 Å². The van der Waals surface area contributed by atoms with E-state index in [0.29, 0.717) is 54.2 Å². The zero-order valence-corrected chi connectivity index (χ0v) is 21.9. The molecule has 0 aromatic heterocycles. The maximum Gasteiger partial charge on any atom is 0.253 e. The van der Waals surface area contributed by atoms with E-state index in [1.165, 1.54) is 12.1 Å². The summed E-state index contributed by atoms with van der Waals surface area (Å²) in [5.74, 6) is 2.29. The largest absolute Gasteiger partial charge is 0.494 e. The number of likely N-dealkylation sites (tertiary alicyclic amines) is 1.